The molecule has 1 saturated carbocycles. The van der Waals surface area contributed by atoms with Crippen molar-refractivity contribution in [3.05, 3.63) is 84.4 Å². The maximum Gasteiger partial charge on any atom is 0.269 e. The molecule has 1 amide bonds. The van der Waals surface area contributed by atoms with Crippen LogP contribution in [0.3, 0.4) is 0 Å². The molecule has 24 heavy (non-hydrogen) atoms. The topological polar surface area (TPSA) is 46.9 Å². The second kappa shape index (κ2) is 6.32. The Morgan fingerprint density at radius 2 is 1.79 bits per heavy atom. The van der Waals surface area contributed by atoms with Crippen molar-refractivity contribution in [3.8, 4) is 5.69 Å². The number of carbonyl (C=O) groups is 1. The summed E-state index contributed by atoms with van der Waals surface area (Å²) < 4.78 is 1.82. The van der Waals surface area contributed by atoms with E-state index in [2.05, 4.69) is 34.6 Å². The van der Waals surface area contributed by atoms with Crippen molar-refractivity contribution >= 4 is 5.91 Å². The van der Waals surface area contributed by atoms with Crippen LogP contribution >= 0.6 is 0 Å². The maximum absolute atomic E-state index is 12.5. The molecule has 0 saturated heterocycles. The van der Waals surface area contributed by atoms with E-state index < -0.39 is 0 Å². The number of benzene rings is 2. The Morgan fingerprint density at radius 1 is 1.08 bits per heavy atom. The summed E-state index contributed by atoms with van der Waals surface area (Å²) in [5.74, 6) is 1.03. The summed E-state index contributed by atoms with van der Waals surface area (Å²) in [6.45, 7) is 0.707. The van der Waals surface area contributed by atoms with E-state index in [4.69, 9.17) is 0 Å². The SMILES string of the molecule is O=C(NCC1CC1c1ccccc1)c1cncn1-c1ccccc1. The number of nitrogens with one attached hydrogen (secondary N) is 1. The second-order valence-corrected chi connectivity index (χ2v) is 6.21. The number of nitrogens with zero attached hydrogens (tertiary/aromatic N) is 2. The van der Waals surface area contributed by atoms with Crippen molar-refractivity contribution in [1.29, 1.82) is 0 Å². The van der Waals surface area contributed by atoms with Crippen molar-refractivity contribution in [2.75, 3.05) is 6.54 Å². The summed E-state index contributed by atoms with van der Waals surface area (Å²) in [7, 11) is 0. The van der Waals surface area contributed by atoms with Gasteiger partial charge in [-0.2, -0.15) is 0 Å². The Labute approximate surface area is 141 Å². The molecule has 1 aromatic heterocycles. The second-order valence-electron chi connectivity index (χ2n) is 6.21. The summed E-state index contributed by atoms with van der Waals surface area (Å²) in [5.41, 5.74) is 2.87. The minimum absolute atomic E-state index is 0.0740. The number of amides is 1. The molecular weight excluding hydrogens is 298 g/mol. The summed E-state index contributed by atoms with van der Waals surface area (Å²) in [6.07, 6.45) is 4.43. The fourth-order valence-corrected chi connectivity index (χ4v) is 3.15. The molecule has 1 N–H and O–H groups in total. The average molecular weight is 317 g/mol. The fraction of sp³-hybridized carbons (Fsp3) is 0.200. The summed E-state index contributed by atoms with van der Waals surface area (Å²) in [5, 5.41) is 3.06. The zero-order valence-electron chi connectivity index (χ0n) is 13.3. The van der Waals surface area contributed by atoms with Crippen LogP contribution < -0.4 is 5.32 Å². The smallest absolute Gasteiger partial charge is 0.269 e. The van der Waals surface area contributed by atoms with E-state index in [1.54, 1.807) is 12.5 Å². The number of para-hydroxylation sites is 1. The zero-order chi connectivity index (χ0) is 16.4. The van der Waals surface area contributed by atoms with Gasteiger partial charge in [-0.3, -0.25) is 9.36 Å². The highest BCUT2D eigenvalue weighted by atomic mass is 16.1. The molecule has 4 rings (SSSR count). The third-order valence-corrected chi connectivity index (χ3v) is 4.58. The average Bonchev–Trinajstić information content (AvgIpc) is 3.26. The molecule has 0 spiro atoms. The molecule has 2 aromatic carbocycles. The minimum Gasteiger partial charge on any atom is -0.350 e. The summed E-state index contributed by atoms with van der Waals surface area (Å²) in [4.78, 5) is 16.6. The lowest BCUT2D eigenvalue weighted by atomic mass is 10.1. The highest BCUT2D eigenvalue weighted by Crippen LogP contribution is 2.46. The highest BCUT2D eigenvalue weighted by Gasteiger charge is 2.38. The first-order valence-electron chi connectivity index (χ1n) is 8.24. The van der Waals surface area contributed by atoms with Gasteiger partial charge in [0.25, 0.3) is 5.91 Å². The Morgan fingerprint density at radius 3 is 2.54 bits per heavy atom. The van der Waals surface area contributed by atoms with Gasteiger partial charge in [-0.25, -0.2) is 4.98 Å². The van der Waals surface area contributed by atoms with Gasteiger partial charge in [0.15, 0.2) is 0 Å². The maximum atomic E-state index is 12.5. The number of imidazole rings is 1. The molecule has 3 aromatic rings. The lowest BCUT2D eigenvalue weighted by Gasteiger charge is -2.09. The number of rotatable bonds is 5. The summed E-state index contributed by atoms with van der Waals surface area (Å²) >= 11 is 0. The molecule has 0 aliphatic heterocycles. The number of aromatic nitrogens is 2. The Kier molecular flexibility index (Phi) is 3.87. The number of carbonyl (C=O) groups excluding carboxylic acids is 1. The quantitative estimate of drug-likeness (QED) is 0.784. The number of hydrogen-bond donors (Lipinski definition) is 1. The molecule has 0 bridgehead atoms. The van der Waals surface area contributed by atoms with E-state index >= 15 is 0 Å². The van der Waals surface area contributed by atoms with Gasteiger partial charge in [-0.05, 0) is 36.0 Å². The minimum atomic E-state index is -0.0740. The zero-order valence-corrected chi connectivity index (χ0v) is 13.3. The molecular formula is C20H19N3O. The summed E-state index contributed by atoms with van der Waals surface area (Å²) in [6, 6.07) is 20.3. The fourth-order valence-electron chi connectivity index (χ4n) is 3.15. The lowest BCUT2D eigenvalue weighted by molar-refractivity contribution is 0.0945. The van der Waals surface area contributed by atoms with Crippen molar-refractivity contribution in [3.63, 3.8) is 0 Å². The first kappa shape index (κ1) is 14.7. The molecule has 0 radical (unpaired) electrons. The van der Waals surface area contributed by atoms with E-state index in [-0.39, 0.29) is 5.91 Å². The Hall–Kier alpha value is -2.88. The van der Waals surface area contributed by atoms with Crippen LogP contribution in [0, 0.1) is 5.92 Å². The molecule has 1 aliphatic carbocycles. The van der Waals surface area contributed by atoms with Gasteiger partial charge in [-0.15, -0.1) is 0 Å². The normalized spacial score (nSPS) is 19.0. The van der Waals surface area contributed by atoms with Crippen LogP contribution in [0.1, 0.15) is 28.4 Å². The van der Waals surface area contributed by atoms with Crippen LogP contribution in [0.25, 0.3) is 5.69 Å². The Balaban J connectivity index is 1.39. The van der Waals surface area contributed by atoms with Crippen LogP contribution in [0.5, 0.6) is 0 Å². The van der Waals surface area contributed by atoms with Crippen LogP contribution in [-0.2, 0) is 0 Å². The van der Waals surface area contributed by atoms with Gasteiger partial charge in [0.05, 0.1) is 12.5 Å². The van der Waals surface area contributed by atoms with Crippen molar-refractivity contribution in [2.24, 2.45) is 5.92 Å². The van der Waals surface area contributed by atoms with Gasteiger partial charge >= 0.3 is 0 Å². The largest absolute Gasteiger partial charge is 0.350 e. The predicted molar refractivity (Wildman–Crippen MR) is 93.2 cm³/mol. The predicted octanol–water partition coefficient (Wildman–Crippen LogP) is 3.41. The van der Waals surface area contributed by atoms with Crippen molar-refractivity contribution < 1.29 is 4.79 Å². The van der Waals surface area contributed by atoms with Crippen LogP contribution in [0.15, 0.2) is 73.2 Å². The van der Waals surface area contributed by atoms with Crippen LogP contribution in [0.4, 0.5) is 0 Å². The van der Waals surface area contributed by atoms with E-state index in [0.29, 0.717) is 24.1 Å². The highest BCUT2D eigenvalue weighted by molar-refractivity contribution is 5.93. The molecule has 120 valence electrons. The van der Waals surface area contributed by atoms with Gasteiger partial charge in [0.1, 0.15) is 5.69 Å². The standard InChI is InChI=1S/C20H19N3O/c24-20(19-13-21-14-23(19)17-9-5-2-6-10-17)22-12-16-11-18(16)15-7-3-1-4-8-15/h1-10,13-14,16,18H,11-12H2,(H,22,24). The number of hydrogen-bond acceptors (Lipinski definition) is 2. The van der Waals surface area contributed by atoms with Crippen molar-refractivity contribution in [1.82, 2.24) is 14.9 Å². The van der Waals surface area contributed by atoms with E-state index in [9.17, 15) is 4.79 Å². The van der Waals surface area contributed by atoms with E-state index in [1.807, 2.05) is 41.0 Å². The third-order valence-electron chi connectivity index (χ3n) is 4.58. The first-order valence-corrected chi connectivity index (χ1v) is 8.24. The van der Waals surface area contributed by atoms with Crippen LogP contribution in [-0.4, -0.2) is 22.0 Å². The van der Waals surface area contributed by atoms with E-state index in [0.717, 1.165) is 12.1 Å². The Bertz CT molecular complexity index is 826. The van der Waals surface area contributed by atoms with Gasteiger partial charge in [0.2, 0.25) is 0 Å². The molecule has 1 heterocycles. The van der Waals surface area contributed by atoms with Crippen LogP contribution in [0.2, 0.25) is 0 Å². The van der Waals surface area contributed by atoms with Gasteiger partial charge in [0, 0.05) is 12.2 Å². The third kappa shape index (κ3) is 2.95. The molecule has 1 fully saturated rings. The molecule has 2 atom stereocenters. The van der Waals surface area contributed by atoms with Gasteiger partial charge < -0.3 is 5.32 Å². The monoisotopic (exact) mass is 317 g/mol. The van der Waals surface area contributed by atoms with Gasteiger partial charge in [-0.1, -0.05) is 48.5 Å². The van der Waals surface area contributed by atoms with Crippen molar-refractivity contribution in [2.45, 2.75) is 12.3 Å². The molecule has 1 aliphatic rings. The molecule has 2 unspecified atom stereocenters. The molecule has 4 nitrogen and oxygen atoms in total. The first-order chi connectivity index (χ1) is 11.8. The lowest BCUT2D eigenvalue weighted by Crippen LogP contribution is -2.27. The molecule has 4 heteroatoms. The van der Waals surface area contributed by atoms with E-state index in [1.165, 1.54) is 5.56 Å².